The Hall–Kier alpha value is -2.35. The second-order valence-corrected chi connectivity index (χ2v) is 8.29. The number of H-pyrrole nitrogens is 1. The minimum Gasteiger partial charge on any atom is -0.497 e. The molecule has 4 rings (SSSR count). The lowest BCUT2D eigenvalue weighted by Gasteiger charge is -2.00. The van der Waals surface area contributed by atoms with E-state index in [0.29, 0.717) is 12.2 Å². The number of aromatic nitrogens is 3. The van der Waals surface area contributed by atoms with E-state index in [1.807, 2.05) is 24.4 Å². The van der Waals surface area contributed by atoms with Crippen LogP contribution in [0.15, 0.2) is 28.9 Å². The second-order valence-electron chi connectivity index (χ2n) is 6.01. The molecule has 2 aromatic heterocycles. The van der Waals surface area contributed by atoms with Crippen molar-refractivity contribution in [3.8, 4) is 5.75 Å². The molecule has 0 unspecified atom stereocenters. The number of hydrogen-bond donors (Lipinski definition) is 1. The van der Waals surface area contributed by atoms with Crippen molar-refractivity contribution in [2.75, 3.05) is 7.11 Å². The molecule has 0 saturated heterocycles. The Morgan fingerprint density at radius 1 is 1.38 bits per heavy atom. The summed E-state index contributed by atoms with van der Waals surface area (Å²) in [5.41, 5.74) is 1.99. The molecule has 1 aliphatic carbocycles. The van der Waals surface area contributed by atoms with E-state index in [0.717, 1.165) is 35.1 Å². The highest BCUT2D eigenvalue weighted by Gasteiger charge is 2.36. The van der Waals surface area contributed by atoms with Crippen molar-refractivity contribution in [2.24, 2.45) is 0 Å². The van der Waals surface area contributed by atoms with Crippen molar-refractivity contribution >= 4 is 20.7 Å². The minimum absolute atomic E-state index is 0.161. The summed E-state index contributed by atoms with van der Waals surface area (Å²) in [6.07, 6.45) is 3.82. The highest BCUT2D eigenvalue weighted by Crippen LogP contribution is 2.30. The van der Waals surface area contributed by atoms with E-state index in [4.69, 9.17) is 9.26 Å². The smallest absolute Gasteiger partial charge is 0.241 e. The molecule has 0 amide bonds. The standard InChI is InChI=1S/C16H17N3O4S/c1-22-11-2-5-14-13(7-11)10(8-17-14)6-15-18-16(23-19-15)9-24(20,21)12-3-4-12/h2,5,7-8,12,17H,3-4,6,9H2,1H3. The summed E-state index contributed by atoms with van der Waals surface area (Å²) >= 11 is 0. The van der Waals surface area contributed by atoms with Crippen LogP contribution in [0.25, 0.3) is 10.9 Å². The van der Waals surface area contributed by atoms with Gasteiger partial charge in [0.25, 0.3) is 0 Å². The Bertz CT molecular complexity index is 986. The number of fused-ring (bicyclic) bond motifs is 1. The van der Waals surface area contributed by atoms with Crippen molar-refractivity contribution in [1.82, 2.24) is 15.1 Å². The Morgan fingerprint density at radius 2 is 2.21 bits per heavy atom. The molecule has 0 aliphatic heterocycles. The first kappa shape index (κ1) is 15.2. The fraction of sp³-hybridized carbons (Fsp3) is 0.375. The zero-order chi connectivity index (χ0) is 16.7. The van der Waals surface area contributed by atoms with Gasteiger partial charge in [-0.05, 0) is 36.6 Å². The zero-order valence-corrected chi connectivity index (χ0v) is 14.0. The molecule has 126 valence electrons. The lowest BCUT2D eigenvalue weighted by molar-refractivity contribution is 0.383. The summed E-state index contributed by atoms with van der Waals surface area (Å²) in [5, 5.41) is 4.70. The molecule has 0 spiro atoms. The third kappa shape index (κ3) is 2.89. The summed E-state index contributed by atoms with van der Waals surface area (Å²) in [6.45, 7) is 0. The van der Waals surface area contributed by atoms with Crippen LogP contribution in [-0.2, 0) is 22.0 Å². The summed E-state index contributed by atoms with van der Waals surface area (Å²) in [4.78, 5) is 7.42. The molecule has 1 fully saturated rings. The maximum Gasteiger partial charge on any atom is 0.241 e. The van der Waals surface area contributed by atoms with Gasteiger partial charge in [-0.2, -0.15) is 4.98 Å². The predicted octanol–water partition coefficient (Wildman–Crippen LogP) is 2.23. The molecule has 1 aliphatic rings. The first-order chi connectivity index (χ1) is 11.5. The zero-order valence-electron chi connectivity index (χ0n) is 13.2. The van der Waals surface area contributed by atoms with Crippen LogP contribution in [0.2, 0.25) is 0 Å². The van der Waals surface area contributed by atoms with Gasteiger partial charge in [0.15, 0.2) is 15.7 Å². The van der Waals surface area contributed by atoms with Crippen molar-refractivity contribution in [2.45, 2.75) is 30.3 Å². The fourth-order valence-electron chi connectivity index (χ4n) is 2.74. The SMILES string of the molecule is COc1ccc2[nH]cc(Cc3noc(CS(=O)(=O)C4CC4)n3)c2c1. The van der Waals surface area contributed by atoms with Crippen LogP contribution < -0.4 is 4.74 Å². The van der Waals surface area contributed by atoms with Gasteiger partial charge in [-0.25, -0.2) is 8.42 Å². The van der Waals surface area contributed by atoms with Crippen LogP contribution in [0.5, 0.6) is 5.75 Å². The monoisotopic (exact) mass is 347 g/mol. The average molecular weight is 347 g/mol. The number of rotatable bonds is 6. The third-order valence-electron chi connectivity index (χ3n) is 4.19. The van der Waals surface area contributed by atoms with E-state index in [2.05, 4.69) is 15.1 Å². The van der Waals surface area contributed by atoms with Crippen LogP contribution >= 0.6 is 0 Å². The number of nitrogens with one attached hydrogen (secondary N) is 1. The maximum absolute atomic E-state index is 12.0. The summed E-state index contributed by atoms with van der Waals surface area (Å²) in [7, 11) is -1.53. The predicted molar refractivity (Wildman–Crippen MR) is 87.6 cm³/mol. The number of ether oxygens (including phenoxy) is 1. The summed E-state index contributed by atoms with van der Waals surface area (Å²) in [6, 6.07) is 5.78. The fourth-order valence-corrected chi connectivity index (χ4v) is 4.29. The van der Waals surface area contributed by atoms with Crippen molar-refractivity contribution in [3.05, 3.63) is 41.7 Å². The minimum atomic E-state index is -3.15. The highest BCUT2D eigenvalue weighted by molar-refractivity contribution is 7.91. The number of methoxy groups -OCH3 is 1. The molecule has 1 aromatic carbocycles. The van der Waals surface area contributed by atoms with E-state index in [9.17, 15) is 8.42 Å². The van der Waals surface area contributed by atoms with Gasteiger partial charge in [0, 0.05) is 23.5 Å². The van der Waals surface area contributed by atoms with Crippen molar-refractivity contribution in [3.63, 3.8) is 0 Å². The van der Waals surface area contributed by atoms with Gasteiger partial charge in [-0.3, -0.25) is 0 Å². The Labute approximate surface area is 138 Å². The van der Waals surface area contributed by atoms with Crippen LogP contribution in [0.1, 0.15) is 30.1 Å². The molecule has 7 nitrogen and oxygen atoms in total. The van der Waals surface area contributed by atoms with E-state index in [1.54, 1.807) is 7.11 Å². The van der Waals surface area contributed by atoms with Gasteiger partial charge in [-0.15, -0.1) is 0 Å². The van der Waals surface area contributed by atoms with Gasteiger partial charge in [0.1, 0.15) is 11.5 Å². The maximum atomic E-state index is 12.0. The molecule has 0 radical (unpaired) electrons. The molecule has 2 heterocycles. The van der Waals surface area contributed by atoms with Crippen LogP contribution in [0.3, 0.4) is 0 Å². The van der Waals surface area contributed by atoms with Crippen LogP contribution in [-0.4, -0.2) is 35.9 Å². The average Bonchev–Trinajstić information content (AvgIpc) is 3.25. The number of aromatic amines is 1. The Kier molecular flexibility index (Phi) is 3.56. The largest absolute Gasteiger partial charge is 0.497 e. The lowest BCUT2D eigenvalue weighted by atomic mass is 10.1. The van der Waals surface area contributed by atoms with Crippen molar-refractivity contribution in [1.29, 1.82) is 0 Å². The first-order valence-electron chi connectivity index (χ1n) is 7.72. The van der Waals surface area contributed by atoms with Crippen molar-refractivity contribution < 1.29 is 17.7 Å². The van der Waals surface area contributed by atoms with Gasteiger partial charge >= 0.3 is 0 Å². The van der Waals surface area contributed by atoms with E-state index in [-0.39, 0.29) is 16.9 Å². The molecule has 0 bridgehead atoms. The van der Waals surface area contributed by atoms with Crippen LogP contribution in [0, 0.1) is 0 Å². The topological polar surface area (TPSA) is 98.1 Å². The first-order valence-corrected chi connectivity index (χ1v) is 9.44. The number of hydrogen-bond acceptors (Lipinski definition) is 6. The van der Waals surface area contributed by atoms with Gasteiger partial charge in [-0.1, -0.05) is 5.16 Å². The summed E-state index contributed by atoms with van der Waals surface area (Å²) < 4.78 is 34.3. The molecular formula is C16H17N3O4S. The molecular weight excluding hydrogens is 330 g/mol. The van der Waals surface area contributed by atoms with Gasteiger partial charge < -0.3 is 14.2 Å². The molecule has 1 saturated carbocycles. The molecule has 8 heteroatoms. The quantitative estimate of drug-likeness (QED) is 0.734. The number of benzene rings is 1. The molecule has 1 N–H and O–H groups in total. The summed E-state index contributed by atoms with van der Waals surface area (Å²) in [5.74, 6) is 1.23. The van der Waals surface area contributed by atoms with E-state index in [1.165, 1.54) is 0 Å². The Morgan fingerprint density at radius 3 is 2.96 bits per heavy atom. The Balaban J connectivity index is 1.55. The lowest BCUT2D eigenvalue weighted by Crippen LogP contribution is -2.10. The normalized spacial score (nSPS) is 15.0. The van der Waals surface area contributed by atoms with Gasteiger partial charge in [0.05, 0.1) is 12.4 Å². The molecule has 0 atom stereocenters. The number of nitrogens with zero attached hydrogens (tertiary/aromatic N) is 2. The molecule has 24 heavy (non-hydrogen) atoms. The second kappa shape index (κ2) is 5.62. The van der Waals surface area contributed by atoms with Crippen LogP contribution in [0.4, 0.5) is 0 Å². The van der Waals surface area contributed by atoms with Gasteiger partial charge in [0.2, 0.25) is 5.89 Å². The van der Waals surface area contributed by atoms with E-state index < -0.39 is 9.84 Å². The van der Waals surface area contributed by atoms with E-state index >= 15 is 0 Å². The molecule has 3 aromatic rings. The highest BCUT2D eigenvalue weighted by atomic mass is 32.2. The number of sulfone groups is 1. The third-order valence-corrected chi connectivity index (χ3v) is 6.33.